The molecule has 0 nitrogen and oxygen atoms in total. The predicted octanol–water partition coefficient (Wildman–Crippen LogP) is 4.45. The smallest absolute Gasteiger partial charge is 0.204 e. The maximum Gasteiger partial charge on any atom is 0.417 e. The van der Waals surface area contributed by atoms with Crippen molar-refractivity contribution in [3.05, 3.63) is 59.7 Å². The lowest BCUT2D eigenvalue weighted by Crippen LogP contribution is -2.04. The standard InChI is InChI=1S/C13H6F5/c14-11-5-4-9(7-12(11)15)8-2-1-3-10(6-8)13(16,17)18/h1-2,4-7H. The number of benzene rings is 2. The first-order valence-electron chi connectivity index (χ1n) is 4.92. The maximum absolute atomic E-state index is 13.0. The highest BCUT2D eigenvalue weighted by molar-refractivity contribution is 5.64. The van der Waals surface area contributed by atoms with E-state index in [1.807, 2.05) is 0 Å². The molecule has 2 rings (SSSR count). The second-order valence-electron chi connectivity index (χ2n) is 3.62. The molecule has 0 N–H and O–H groups in total. The van der Waals surface area contributed by atoms with Gasteiger partial charge in [0.2, 0.25) is 0 Å². The second-order valence-corrected chi connectivity index (χ2v) is 3.62. The molecule has 0 saturated heterocycles. The first-order chi connectivity index (χ1) is 8.38. The van der Waals surface area contributed by atoms with Crippen LogP contribution >= 0.6 is 0 Å². The molecular weight excluding hydrogens is 251 g/mol. The lowest BCUT2D eigenvalue weighted by molar-refractivity contribution is -0.137. The van der Waals surface area contributed by atoms with E-state index in [0.29, 0.717) is 0 Å². The fourth-order valence-corrected chi connectivity index (χ4v) is 1.49. The Morgan fingerprint density at radius 1 is 0.833 bits per heavy atom. The van der Waals surface area contributed by atoms with Crippen LogP contribution in [-0.4, -0.2) is 0 Å². The quantitative estimate of drug-likeness (QED) is 0.662. The van der Waals surface area contributed by atoms with Gasteiger partial charge in [-0.05, 0) is 35.4 Å². The minimum absolute atomic E-state index is 0.153. The molecule has 0 bridgehead atoms. The van der Waals surface area contributed by atoms with Crippen LogP contribution in [0.15, 0.2) is 36.4 Å². The van der Waals surface area contributed by atoms with Crippen molar-refractivity contribution in [3.8, 4) is 11.1 Å². The van der Waals surface area contributed by atoms with E-state index in [2.05, 4.69) is 6.07 Å². The number of hydrogen-bond acceptors (Lipinski definition) is 0. The van der Waals surface area contributed by atoms with Crippen molar-refractivity contribution in [3.63, 3.8) is 0 Å². The van der Waals surface area contributed by atoms with Crippen molar-refractivity contribution >= 4 is 0 Å². The van der Waals surface area contributed by atoms with Crippen LogP contribution in [0.5, 0.6) is 0 Å². The largest absolute Gasteiger partial charge is 0.417 e. The average molecular weight is 257 g/mol. The summed E-state index contributed by atoms with van der Waals surface area (Å²) >= 11 is 0. The Morgan fingerprint density at radius 2 is 1.50 bits per heavy atom. The SMILES string of the molecule is Fc1ccc(-c2cc[c]c(C(F)(F)F)c2)cc1F. The molecule has 93 valence electrons. The van der Waals surface area contributed by atoms with Gasteiger partial charge < -0.3 is 0 Å². The van der Waals surface area contributed by atoms with Gasteiger partial charge in [-0.3, -0.25) is 0 Å². The summed E-state index contributed by atoms with van der Waals surface area (Å²) in [6, 6.07) is 8.28. The highest BCUT2D eigenvalue weighted by atomic mass is 19.4. The summed E-state index contributed by atoms with van der Waals surface area (Å²) in [7, 11) is 0. The van der Waals surface area contributed by atoms with Crippen LogP contribution in [0, 0.1) is 17.7 Å². The molecule has 0 unspecified atom stereocenters. The van der Waals surface area contributed by atoms with Crippen LogP contribution < -0.4 is 0 Å². The number of halogens is 5. The van der Waals surface area contributed by atoms with Gasteiger partial charge in [-0.25, -0.2) is 8.78 Å². The molecule has 0 aliphatic rings. The van der Waals surface area contributed by atoms with Gasteiger partial charge in [0.05, 0.1) is 5.56 Å². The van der Waals surface area contributed by atoms with E-state index in [4.69, 9.17) is 0 Å². The van der Waals surface area contributed by atoms with E-state index in [-0.39, 0.29) is 11.1 Å². The number of rotatable bonds is 1. The number of alkyl halides is 3. The summed E-state index contributed by atoms with van der Waals surface area (Å²) < 4.78 is 63.1. The molecule has 2 aromatic carbocycles. The maximum atomic E-state index is 13.0. The first kappa shape index (κ1) is 12.5. The summed E-state index contributed by atoms with van der Waals surface area (Å²) in [5.41, 5.74) is -0.627. The van der Waals surface area contributed by atoms with Crippen LogP contribution in [0.2, 0.25) is 0 Å². The van der Waals surface area contributed by atoms with E-state index in [0.717, 1.165) is 24.3 Å². The van der Waals surface area contributed by atoms with Crippen LogP contribution in [0.4, 0.5) is 22.0 Å². The molecule has 2 aromatic rings. The molecule has 5 heteroatoms. The van der Waals surface area contributed by atoms with Gasteiger partial charge >= 0.3 is 6.18 Å². The second kappa shape index (κ2) is 4.40. The Hall–Kier alpha value is -1.91. The zero-order valence-corrected chi connectivity index (χ0v) is 8.85. The van der Waals surface area contributed by atoms with E-state index < -0.39 is 23.4 Å². The van der Waals surface area contributed by atoms with Crippen LogP contribution in [-0.2, 0) is 6.18 Å². The Labute approximate surface area is 99.7 Å². The fourth-order valence-electron chi connectivity index (χ4n) is 1.49. The van der Waals surface area contributed by atoms with Crippen LogP contribution in [0.1, 0.15) is 5.56 Å². The third-order valence-electron chi connectivity index (χ3n) is 2.36. The molecule has 0 atom stereocenters. The highest BCUT2D eigenvalue weighted by Gasteiger charge is 2.30. The van der Waals surface area contributed by atoms with E-state index in [9.17, 15) is 22.0 Å². The summed E-state index contributed by atoms with van der Waals surface area (Å²) in [5, 5.41) is 0. The minimum Gasteiger partial charge on any atom is -0.204 e. The minimum atomic E-state index is -4.52. The van der Waals surface area contributed by atoms with E-state index in [1.54, 1.807) is 0 Å². The summed E-state index contributed by atoms with van der Waals surface area (Å²) in [6.07, 6.45) is -4.52. The molecule has 0 fully saturated rings. The Balaban J connectivity index is 2.48. The summed E-state index contributed by atoms with van der Waals surface area (Å²) in [4.78, 5) is 0. The molecule has 0 amide bonds. The lowest BCUT2D eigenvalue weighted by Gasteiger charge is -2.08. The van der Waals surface area contributed by atoms with E-state index >= 15 is 0 Å². The molecule has 0 spiro atoms. The molecular formula is C13H6F5. The Bertz CT molecular complexity index is 572. The van der Waals surface area contributed by atoms with Crippen molar-refractivity contribution in [1.29, 1.82) is 0 Å². The first-order valence-corrected chi connectivity index (χ1v) is 4.92. The van der Waals surface area contributed by atoms with Gasteiger partial charge in [0.1, 0.15) is 0 Å². The van der Waals surface area contributed by atoms with Crippen molar-refractivity contribution in [2.75, 3.05) is 0 Å². The monoisotopic (exact) mass is 257 g/mol. The Kier molecular flexibility index (Phi) is 3.07. The van der Waals surface area contributed by atoms with Gasteiger partial charge in [-0.2, -0.15) is 13.2 Å². The van der Waals surface area contributed by atoms with Gasteiger partial charge in [0.25, 0.3) is 0 Å². The molecule has 18 heavy (non-hydrogen) atoms. The summed E-state index contributed by atoms with van der Waals surface area (Å²) in [6.45, 7) is 0. The third-order valence-corrected chi connectivity index (χ3v) is 2.36. The van der Waals surface area contributed by atoms with Gasteiger partial charge in [0.15, 0.2) is 11.6 Å². The lowest BCUT2D eigenvalue weighted by atomic mass is 10.0. The molecule has 0 aromatic heterocycles. The zero-order valence-electron chi connectivity index (χ0n) is 8.85. The molecule has 0 saturated carbocycles. The van der Waals surface area contributed by atoms with Gasteiger partial charge in [-0.1, -0.05) is 18.2 Å². The molecule has 0 aliphatic carbocycles. The third kappa shape index (κ3) is 2.50. The van der Waals surface area contributed by atoms with Gasteiger partial charge in [-0.15, -0.1) is 0 Å². The zero-order chi connectivity index (χ0) is 13.3. The van der Waals surface area contributed by atoms with Crippen molar-refractivity contribution in [2.24, 2.45) is 0 Å². The summed E-state index contributed by atoms with van der Waals surface area (Å²) in [5.74, 6) is -2.15. The van der Waals surface area contributed by atoms with Crippen molar-refractivity contribution in [1.82, 2.24) is 0 Å². The number of hydrogen-bond donors (Lipinski definition) is 0. The average Bonchev–Trinajstić information content (AvgIpc) is 2.32. The van der Waals surface area contributed by atoms with Crippen LogP contribution in [0.3, 0.4) is 0 Å². The van der Waals surface area contributed by atoms with Crippen molar-refractivity contribution < 1.29 is 22.0 Å². The molecule has 0 heterocycles. The normalized spacial score (nSPS) is 11.6. The predicted molar refractivity (Wildman–Crippen MR) is 55.6 cm³/mol. The molecule has 0 aliphatic heterocycles. The fraction of sp³-hybridized carbons (Fsp3) is 0.0769. The van der Waals surface area contributed by atoms with E-state index in [1.165, 1.54) is 12.1 Å². The van der Waals surface area contributed by atoms with Crippen molar-refractivity contribution in [2.45, 2.75) is 6.18 Å². The van der Waals surface area contributed by atoms with Crippen LogP contribution in [0.25, 0.3) is 11.1 Å². The molecule has 1 radical (unpaired) electrons. The Morgan fingerprint density at radius 3 is 2.11 bits per heavy atom. The highest BCUT2D eigenvalue weighted by Crippen LogP contribution is 2.32. The van der Waals surface area contributed by atoms with Gasteiger partial charge in [0, 0.05) is 0 Å². The topological polar surface area (TPSA) is 0 Å².